The third-order valence-electron chi connectivity index (χ3n) is 4.38. The maximum absolute atomic E-state index is 12.7. The van der Waals surface area contributed by atoms with Gasteiger partial charge in [-0.05, 0) is 37.3 Å². The van der Waals surface area contributed by atoms with Crippen LogP contribution in [0.4, 0.5) is 5.69 Å². The Bertz CT molecular complexity index is 1130. The van der Waals surface area contributed by atoms with Crippen LogP contribution in [0.15, 0.2) is 47.3 Å². The molecule has 150 valence electrons. The van der Waals surface area contributed by atoms with Crippen LogP contribution in [0.5, 0.6) is 5.75 Å². The molecule has 0 aliphatic rings. The summed E-state index contributed by atoms with van der Waals surface area (Å²) in [6.45, 7) is 1.89. The van der Waals surface area contributed by atoms with Crippen molar-refractivity contribution in [2.45, 2.75) is 6.92 Å². The lowest BCUT2D eigenvalue weighted by Gasteiger charge is -2.15. The number of H-pyrrole nitrogens is 1. The number of aromatic amines is 1. The van der Waals surface area contributed by atoms with Gasteiger partial charge in [-0.15, -0.1) is 0 Å². The Hall–Kier alpha value is -3.61. The highest BCUT2D eigenvalue weighted by Gasteiger charge is 2.20. The minimum absolute atomic E-state index is 0.000823. The molecule has 3 aromatic rings. The number of carbonyl (C=O) groups is 1. The van der Waals surface area contributed by atoms with Crippen LogP contribution in [-0.4, -0.2) is 43.7 Å². The minimum atomic E-state index is -0.625. The van der Waals surface area contributed by atoms with Crippen molar-refractivity contribution in [1.29, 1.82) is 0 Å². The third kappa shape index (κ3) is 4.29. The predicted octanol–water partition coefficient (Wildman–Crippen LogP) is 3.10. The summed E-state index contributed by atoms with van der Waals surface area (Å²) in [5, 5.41) is 0. The Balaban J connectivity index is 2.20. The minimum Gasteiger partial charge on any atom is -0.496 e. The first-order valence-corrected chi connectivity index (χ1v) is 9.18. The molecule has 3 rings (SSSR count). The van der Waals surface area contributed by atoms with Crippen molar-refractivity contribution in [3.8, 4) is 5.75 Å². The van der Waals surface area contributed by atoms with E-state index in [1.165, 1.54) is 0 Å². The number of benzene rings is 2. The average Bonchev–Trinajstić information content (AvgIpc) is 2.71. The first-order valence-electron chi connectivity index (χ1n) is 9.18. The topological polar surface area (TPSA) is 84.5 Å². The van der Waals surface area contributed by atoms with Gasteiger partial charge >= 0.3 is 5.97 Å². The van der Waals surface area contributed by atoms with E-state index in [1.54, 1.807) is 38.3 Å². The van der Waals surface area contributed by atoms with Gasteiger partial charge in [0.25, 0.3) is 5.56 Å². The summed E-state index contributed by atoms with van der Waals surface area (Å²) in [5.74, 6) is -0.0604. The van der Waals surface area contributed by atoms with Crippen molar-refractivity contribution in [1.82, 2.24) is 9.97 Å². The van der Waals surface area contributed by atoms with Gasteiger partial charge in [-0.1, -0.05) is 12.1 Å². The standard InChI is InChI=1S/C22H23N3O4/c1-5-29-22(27)16(12-14-10-11-15(25(2)3)13-19(14)28-4)20-21(26)24-18-9-7-6-8-17(18)23-20/h6-13H,5H2,1-4H3,(H,24,26)/b16-12+. The number of fused-ring (bicyclic) bond motifs is 1. The summed E-state index contributed by atoms with van der Waals surface area (Å²) in [7, 11) is 5.40. The van der Waals surface area contributed by atoms with Crippen LogP contribution in [-0.2, 0) is 9.53 Å². The van der Waals surface area contributed by atoms with Gasteiger partial charge in [0.05, 0.1) is 30.3 Å². The molecule has 0 amide bonds. The first-order chi connectivity index (χ1) is 13.9. The average molecular weight is 393 g/mol. The number of aromatic nitrogens is 2. The molecular weight excluding hydrogens is 370 g/mol. The molecular formula is C22H23N3O4. The van der Waals surface area contributed by atoms with Crippen LogP contribution >= 0.6 is 0 Å². The van der Waals surface area contributed by atoms with Crippen molar-refractivity contribution in [3.05, 3.63) is 64.1 Å². The van der Waals surface area contributed by atoms with Crippen LogP contribution in [0.3, 0.4) is 0 Å². The molecule has 29 heavy (non-hydrogen) atoms. The number of carbonyl (C=O) groups excluding carboxylic acids is 1. The van der Waals surface area contributed by atoms with E-state index in [4.69, 9.17) is 9.47 Å². The SMILES string of the molecule is CCOC(=O)/C(=C/c1ccc(N(C)C)cc1OC)c1nc2ccccc2[nH]c1=O. The van der Waals surface area contributed by atoms with E-state index in [9.17, 15) is 9.59 Å². The second-order valence-electron chi connectivity index (χ2n) is 6.53. The number of hydrogen-bond donors (Lipinski definition) is 1. The number of rotatable bonds is 6. The van der Waals surface area contributed by atoms with Crippen LogP contribution in [0.1, 0.15) is 18.2 Å². The first kappa shape index (κ1) is 20.1. The molecule has 7 nitrogen and oxygen atoms in total. The Morgan fingerprint density at radius 2 is 1.97 bits per heavy atom. The van der Waals surface area contributed by atoms with E-state index in [-0.39, 0.29) is 17.9 Å². The van der Waals surface area contributed by atoms with Crippen molar-refractivity contribution in [2.24, 2.45) is 0 Å². The molecule has 0 fully saturated rings. The Morgan fingerprint density at radius 3 is 2.66 bits per heavy atom. The zero-order valence-electron chi connectivity index (χ0n) is 16.9. The van der Waals surface area contributed by atoms with E-state index >= 15 is 0 Å². The van der Waals surface area contributed by atoms with Gasteiger partial charge in [0.1, 0.15) is 11.4 Å². The predicted molar refractivity (Wildman–Crippen MR) is 114 cm³/mol. The van der Waals surface area contributed by atoms with Crippen LogP contribution < -0.4 is 15.2 Å². The molecule has 1 N–H and O–H groups in total. The summed E-state index contributed by atoms with van der Waals surface area (Å²) in [4.78, 5) is 34.5. The largest absolute Gasteiger partial charge is 0.496 e. The van der Waals surface area contributed by atoms with E-state index < -0.39 is 11.5 Å². The molecule has 2 aromatic carbocycles. The molecule has 0 saturated heterocycles. The number of para-hydroxylation sites is 2. The second-order valence-corrected chi connectivity index (χ2v) is 6.53. The summed E-state index contributed by atoms with van der Waals surface area (Å²) >= 11 is 0. The van der Waals surface area contributed by atoms with Gasteiger partial charge in [-0.2, -0.15) is 0 Å². The second kappa shape index (κ2) is 8.60. The van der Waals surface area contributed by atoms with Gasteiger partial charge < -0.3 is 19.4 Å². The number of nitrogens with one attached hydrogen (secondary N) is 1. The van der Waals surface area contributed by atoms with Gasteiger partial charge in [-0.3, -0.25) is 4.79 Å². The smallest absolute Gasteiger partial charge is 0.340 e. The maximum atomic E-state index is 12.7. The van der Waals surface area contributed by atoms with Gasteiger partial charge in [0, 0.05) is 31.4 Å². The zero-order valence-corrected chi connectivity index (χ0v) is 16.9. The molecule has 0 atom stereocenters. The van der Waals surface area contributed by atoms with Crippen molar-refractivity contribution < 1.29 is 14.3 Å². The molecule has 1 aromatic heterocycles. The lowest BCUT2D eigenvalue weighted by molar-refractivity contribution is -0.136. The third-order valence-corrected chi connectivity index (χ3v) is 4.38. The van der Waals surface area contributed by atoms with E-state index in [0.717, 1.165) is 5.69 Å². The molecule has 0 aliphatic heterocycles. The lowest BCUT2D eigenvalue weighted by atomic mass is 10.1. The summed E-state index contributed by atoms with van der Waals surface area (Å²) in [5.41, 5.74) is 2.35. The fraction of sp³-hybridized carbons (Fsp3) is 0.227. The van der Waals surface area contributed by atoms with Crippen LogP contribution in [0, 0.1) is 0 Å². The quantitative estimate of drug-likeness (QED) is 0.512. The lowest BCUT2D eigenvalue weighted by Crippen LogP contribution is -2.19. The van der Waals surface area contributed by atoms with Crippen LogP contribution in [0.25, 0.3) is 22.7 Å². The number of anilines is 1. The van der Waals surface area contributed by atoms with Crippen LogP contribution in [0.2, 0.25) is 0 Å². The Kier molecular flexibility index (Phi) is 5.97. The molecule has 0 unspecified atom stereocenters. The molecule has 0 saturated carbocycles. The molecule has 7 heteroatoms. The molecule has 1 heterocycles. The molecule has 0 bridgehead atoms. The highest BCUT2D eigenvalue weighted by atomic mass is 16.5. The number of esters is 1. The summed E-state index contributed by atoms with van der Waals surface area (Å²) in [6.07, 6.45) is 1.57. The zero-order chi connectivity index (χ0) is 21.0. The number of methoxy groups -OCH3 is 1. The highest BCUT2D eigenvalue weighted by molar-refractivity contribution is 6.21. The van der Waals surface area contributed by atoms with Crippen molar-refractivity contribution >= 4 is 34.3 Å². The van der Waals surface area contributed by atoms with Crippen molar-refractivity contribution in [2.75, 3.05) is 32.7 Å². The maximum Gasteiger partial charge on any atom is 0.340 e. The van der Waals surface area contributed by atoms with E-state index in [1.807, 2.05) is 43.3 Å². The van der Waals surface area contributed by atoms with Gasteiger partial charge in [-0.25, -0.2) is 9.78 Å². The fourth-order valence-electron chi connectivity index (χ4n) is 2.90. The van der Waals surface area contributed by atoms with Crippen molar-refractivity contribution in [3.63, 3.8) is 0 Å². The summed E-state index contributed by atoms with van der Waals surface area (Å²) < 4.78 is 10.7. The highest BCUT2D eigenvalue weighted by Crippen LogP contribution is 2.28. The normalized spacial score (nSPS) is 11.4. The Labute approximate surface area is 168 Å². The summed E-state index contributed by atoms with van der Waals surface area (Å²) in [6, 6.07) is 12.7. The number of nitrogens with zero attached hydrogens (tertiary/aromatic N) is 2. The number of hydrogen-bond acceptors (Lipinski definition) is 6. The Morgan fingerprint density at radius 1 is 1.21 bits per heavy atom. The van der Waals surface area contributed by atoms with Gasteiger partial charge in [0.2, 0.25) is 0 Å². The number of ether oxygens (including phenoxy) is 2. The van der Waals surface area contributed by atoms with E-state index in [2.05, 4.69) is 9.97 Å². The molecule has 0 radical (unpaired) electrons. The molecule has 0 spiro atoms. The fourth-order valence-corrected chi connectivity index (χ4v) is 2.90. The monoisotopic (exact) mass is 393 g/mol. The van der Waals surface area contributed by atoms with Gasteiger partial charge in [0.15, 0.2) is 0 Å². The van der Waals surface area contributed by atoms with E-state index in [0.29, 0.717) is 22.3 Å². The molecule has 0 aliphatic carbocycles.